The second-order valence-electron chi connectivity index (χ2n) is 7.87. The highest BCUT2D eigenvalue weighted by Crippen LogP contribution is 2.33. The van der Waals surface area contributed by atoms with E-state index in [4.69, 9.17) is 19.6 Å². The van der Waals surface area contributed by atoms with Gasteiger partial charge in [0.25, 0.3) is 0 Å². The Balaban J connectivity index is 1.64. The molecule has 0 atom stereocenters. The summed E-state index contributed by atoms with van der Waals surface area (Å²) in [4.78, 5) is 17.4. The Labute approximate surface area is 203 Å². The van der Waals surface area contributed by atoms with Gasteiger partial charge in [0.05, 0.1) is 31.3 Å². The van der Waals surface area contributed by atoms with E-state index in [1.54, 1.807) is 43.0 Å². The number of ketones is 1. The molecule has 5 rings (SSSR count). The summed E-state index contributed by atoms with van der Waals surface area (Å²) < 4.78 is 12.7. The van der Waals surface area contributed by atoms with Crippen molar-refractivity contribution in [3.05, 3.63) is 108 Å². The zero-order valence-corrected chi connectivity index (χ0v) is 19.4. The summed E-state index contributed by atoms with van der Waals surface area (Å²) in [6, 6.07) is 28.7. The largest absolute Gasteiger partial charge is 0.493 e. The van der Waals surface area contributed by atoms with Crippen LogP contribution >= 0.6 is 0 Å². The Hall–Kier alpha value is -4.71. The number of hydrogen-bond acceptors (Lipinski definition) is 5. The van der Waals surface area contributed by atoms with Gasteiger partial charge in [-0.15, -0.1) is 0 Å². The van der Waals surface area contributed by atoms with Crippen LogP contribution in [0.15, 0.2) is 97.1 Å². The van der Waals surface area contributed by atoms with Crippen LogP contribution < -0.4 is 9.47 Å². The summed E-state index contributed by atoms with van der Waals surface area (Å²) in [7, 11) is 3.21. The van der Waals surface area contributed by atoms with Crippen molar-refractivity contribution in [2.45, 2.75) is 0 Å². The predicted molar refractivity (Wildman–Crippen MR) is 137 cm³/mol. The molecule has 3 aromatic carbocycles. The smallest absolute Gasteiger partial charge is 0.185 e. The van der Waals surface area contributed by atoms with Crippen LogP contribution in [0, 0.1) is 0 Å². The van der Waals surface area contributed by atoms with Crippen molar-refractivity contribution in [2.75, 3.05) is 14.2 Å². The molecule has 2 aromatic heterocycles. The van der Waals surface area contributed by atoms with Gasteiger partial charge in [0.2, 0.25) is 0 Å². The minimum Gasteiger partial charge on any atom is -0.493 e. The van der Waals surface area contributed by atoms with Crippen LogP contribution in [0.25, 0.3) is 34.2 Å². The zero-order chi connectivity index (χ0) is 24.2. The molecule has 0 aliphatic rings. The summed E-state index contributed by atoms with van der Waals surface area (Å²) >= 11 is 0. The summed E-state index contributed by atoms with van der Waals surface area (Å²) in [6.07, 6.45) is 3.27. The number of ether oxygens (including phenoxy) is 2. The third-order valence-corrected chi connectivity index (χ3v) is 5.66. The molecule has 0 saturated carbocycles. The van der Waals surface area contributed by atoms with Gasteiger partial charge in [-0.3, -0.25) is 4.79 Å². The molecular weight excluding hydrogens is 438 g/mol. The second kappa shape index (κ2) is 9.65. The number of fused-ring (bicyclic) bond motifs is 1. The Morgan fingerprint density at radius 2 is 1.51 bits per heavy atom. The average molecular weight is 462 g/mol. The Kier molecular flexibility index (Phi) is 6.09. The molecule has 2 heterocycles. The van der Waals surface area contributed by atoms with Crippen molar-refractivity contribution in [2.24, 2.45) is 0 Å². The van der Waals surface area contributed by atoms with E-state index in [0.717, 1.165) is 22.5 Å². The van der Waals surface area contributed by atoms with Gasteiger partial charge < -0.3 is 9.47 Å². The quantitative estimate of drug-likeness (QED) is 0.220. The maximum atomic E-state index is 12.6. The fraction of sp³-hybridized carbons (Fsp3) is 0.0690. The highest BCUT2D eigenvalue weighted by atomic mass is 16.5. The lowest BCUT2D eigenvalue weighted by molar-refractivity contribution is 0.104. The molecule has 0 spiro atoms. The van der Waals surface area contributed by atoms with Crippen molar-refractivity contribution in [1.82, 2.24) is 14.6 Å². The average Bonchev–Trinajstić information content (AvgIpc) is 3.36. The Bertz CT molecular complexity index is 1520. The minimum absolute atomic E-state index is 0.0848. The highest BCUT2D eigenvalue weighted by Gasteiger charge is 2.14. The molecule has 5 aromatic rings. The van der Waals surface area contributed by atoms with Crippen LogP contribution in [0.5, 0.6) is 11.5 Å². The van der Waals surface area contributed by atoms with E-state index in [1.165, 1.54) is 0 Å². The molecule has 0 unspecified atom stereocenters. The van der Waals surface area contributed by atoms with Gasteiger partial charge in [0.1, 0.15) is 0 Å². The number of hydrogen-bond donors (Lipinski definition) is 0. The van der Waals surface area contributed by atoms with E-state index in [9.17, 15) is 4.79 Å². The number of nitrogens with zero attached hydrogens (tertiary/aromatic N) is 3. The molecule has 0 bridgehead atoms. The fourth-order valence-corrected chi connectivity index (χ4v) is 3.89. The van der Waals surface area contributed by atoms with Crippen molar-refractivity contribution < 1.29 is 14.3 Å². The van der Waals surface area contributed by atoms with E-state index in [0.29, 0.717) is 28.4 Å². The lowest BCUT2D eigenvalue weighted by Crippen LogP contribution is -2.00. The van der Waals surface area contributed by atoms with Crippen molar-refractivity contribution in [3.63, 3.8) is 0 Å². The lowest BCUT2D eigenvalue weighted by Gasteiger charge is -2.11. The second-order valence-corrected chi connectivity index (χ2v) is 7.87. The van der Waals surface area contributed by atoms with Gasteiger partial charge in [-0.05, 0) is 36.4 Å². The first-order valence-electron chi connectivity index (χ1n) is 11.1. The SMILES string of the molecule is COc1ccc(-c2cc(/C=C/C(=O)c3ccccc3)nc3cc(-c4ccccc4)nn23)cc1OC. The van der Waals surface area contributed by atoms with Crippen LogP contribution in [0.4, 0.5) is 0 Å². The number of aromatic nitrogens is 3. The van der Waals surface area contributed by atoms with Gasteiger partial charge in [-0.2, -0.15) is 5.10 Å². The number of methoxy groups -OCH3 is 2. The first-order chi connectivity index (χ1) is 17.2. The number of rotatable bonds is 7. The molecule has 35 heavy (non-hydrogen) atoms. The van der Waals surface area contributed by atoms with Crippen LogP contribution in [-0.4, -0.2) is 34.6 Å². The molecule has 172 valence electrons. The number of allylic oxidation sites excluding steroid dienone is 1. The summed E-state index contributed by atoms with van der Waals surface area (Å²) in [5, 5.41) is 4.83. The van der Waals surface area contributed by atoms with Crippen molar-refractivity contribution in [3.8, 4) is 34.0 Å². The van der Waals surface area contributed by atoms with Crippen LogP contribution in [0.1, 0.15) is 16.1 Å². The maximum Gasteiger partial charge on any atom is 0.185 e. The normalized spacial score (nSPS) is 11.1. The molecular formula is C29H23N3O3. The Morgan fingerprint density at radius 1 is 0.800 bits per heavy atom. The van der Waals surface area contributed by atoms with Crippen LogP contribution in [-0.2, 0) is 0 Å². The van der Waals surface area contributed by atoms with E-state index in [-0.39, 0.29) is 5.78 Å². The number of carbonyl (C=O) groups is 1. The zero-order valence-electron chi connectivity index (χ0n) is 19.4. The van der Waals surface area contributed by atoms with Crippen LogP contribution in [0.3, 0.4) is 0 Å². The standard InChI is InChI=1S/C29H23N3O3/c1-34-27-16-13-22(17-28(27)35-2)25-18-23(14-15-26(33)21-11-7-4-8-12-21)30-29-19-24(31-32(25)29)20-9-5-3-6-10-20/h3-19H,1-2H3/b15-14+. The molecule has 0 amide bonds. The van der Waals surface area contributed by atoms with Gasteiger partial charge in [0, 0.05) is 22.8 Å². The summed E-state index contributed by atoms with van der Waals surface area (Å²) in [5.74, 6) is 1.17. The third kappa shape index (κ3) is 4.54. The highest BCUT2D eigenvalue weighted by molar-refractivity contribution is 6.06. The molecule has 0 saturated heterocycles. The monoisotopic (exact) mass is 461 g/mol. The van der Waals surface area contributed by atoms with Gasteiger partial charge in [-0.1, -0.05) is 60.7 Å². The van der Waals surface area contributed by atoms with Crippen LogP contribution in [0.2, 0.25) is 0 Å². The summed E-state index contributed by atoms with van der Waals surface area (Å²) in [6.45, 7) is 0. The van der Waals surface area contributed by atoms with E-state index >= 15 is 0 Å². The van der Waals surface area contributed by atoms with Gasteiger partial charge >= 0.3 is 0 Å². The lowest BCUT2D eigenvalue weighted by atomic mass is 10.1. The Morgan fingerprint density at radius 3 is 2.23 bits per heavy atom. The van der Waals surface area contributed by atoms with Gasteiger partial charge in [-0.25, -0.2) is 9.50 Å². The molecule has 0 aliphatic carbocycles. The number of carbonyl (C=O) groups excluding carboxylic acids is 1. The number of benzene rings is 3. The van der Waals surface area contributed by atoms with E-state index < -0.39 is 0 Å². The third-order valence-electron chi connectivity index (χ3n) is 5.66. The van der Waals surface area contributed by atoms with E-state index in [2.05, 4.69) is 0 Å². The van der Waals surface area contributed by atoms with E-state index in [1.807, 2.05) is 78.9 Å². The first-order valence-corrected chi connectivity index (χ1v) is 11.1. The fourth-order valence-electron chi connectivity index (χ4n) is 3.89. The van der Waals surface area contributed by atoms with Crippen molar-refractivity contribution in [1.29, 1.82) is 0 Å². The van der Waals surface area contributed by atoms with Gasteiger partial charge in [0.15, 0.2) is 22.9 Å². The minimum atomic E-state index is -0.0848. The molecule has 0 fully saturated rings. The molecule has 0 radical (unpaired) electrons. The summed E-state index contributed by atoms with van der Waals surface area (Å²) in [5.41, 5.74) is 5.43. The first kappa shape index (κ1) is 22.1. The topological polar surface area (TPSA) is 65.7 Å². The molecule has 6 nitrogen and oxygen atoms in total. The molecule has 6 heteroatoms. The maximum absolute atomic E-state index is 12.6. The molecule has 0 aliphatic heterocycles. The molecule has 0 N–H and O–H groups in total. The van der Waals surface area contributed by atoms with Crippen molar-refractivity contribution >= 4 is 17.5 Å². The predicted octanol–water partition coefficient (Wildman–Crippen LogP) is 5.98.